The zero-order valence-electron chi connectivity index (χ0n) is 13.4. The molecule has 0 radical (unpaired) electrons. The molecule has 0 atom stereocenters. The van der Waals surface area contributed by atoms with Gasteiger partial charge >= 0.3 is 5.97 Å². The molecule has 0 spiro atoms. The first kappa shape index (κ1) is 16.6. The number of likely N-dealkylation sites (tertiary alicyclic amines) is 1. The number of nitrogens with zero attached hydrogens (tertiary/aromatic N) is 2. The van der Waals surface area contributed by atoms with Crippen molar-refractivity contribution in [3.05, 3.63) is 41.4 Å². The average molecular weight is 344 g/mol. The van der Waals surface area contributed by atoms with E-state index in [-0.39, 0.29) is 18.2 Å². The summed E-state index contributed by atoms with van der Waals surface area (Å²) in [5.41, 5.74) is 1.87. The Labute approximate surface area is 145 Å². The Morgan fingerprint density at radius 3 is 2.58 bits per heavy atom. The van der Waals surface area contributed by atoms with Gasteiger partial charge in [0.1, 0.15) is 5.01 Å². The number of benzene rings is 1. The van der Waals surface area contributed by atoms with Crippen molar-refractivity contribution >= 4 is 23.2 Å². The molecule has 1 aromatic heterocycles. The number of carboxylic acid groups (broad SMARTS) is 1. The smallest absolute Gasteiger partial charge is 0.303 e. The molecule has 0 saturated carbocycles. The second-order valence-corrected chi connectivity index (χ2v) is 6.97. The predicted octanol–water partition coefficient (Wildman–Crippen LogP) is 3.07. The molecule has 1 N–H and O–H groups in total. The Morgan fingerprint density at radius 1 is 1.21 bits per heavy atom. The lowest BCUT2D eigenvalue weighted by molar-refractivity contribution is -0.138. The molecule has 1 aliphatic rings. The van der Waals surface area contributed by atoms with E-state index in [1.807, 2.05) is 40.6 Å². The number of hydrogen-bond acceptors (Lipinski definition) is 4. The van der Waals surface area contributed by atoms with Crippen LogP contribution in [0.3, 0.4) is 0 Å². The van der Waals surface area contributed by atoms with E-state index in [2.05, 4.69) is 4.98 Å². The van der Waals surface area contributed by atoms with Crippen molar-refractivity contribution < 1.29 is 14.7 Å². The van der Waals surface area contributed by atoms with E-state index in [1.165, 1.54) is 0 Å². The van der Waals surface area contributed by atoms with Crippen molar-refractivity contribution in [3.63, 3.8) is 0 Å². The van der Waals surface area contributed by atoms with Crippen LogP contribution in [-0.2, 0) is 16.0 Å². The first-order valence-electron chi connectivity index (χ1n) is 8.11. The van der Waals surface area contributed by atoms with Gasteiger partial charge in [0.2, 0.25) is 5.91 Å². The molecule has 0 bridgehead atoms. The minimum Gasteiger partial charge on any atom is -0.481 e. The molecule has 5 nitrogen and oxygen atoms in total. The lowest BCUT2D eigenvalue weighted by atomic mass is 9.93. The van der Waals surface area contributed by atoms with Gasteiger partial charge in [-0.15, -0.1) is 11.3 Å². The van der Waals surface area contributed by atoms with E-state index in [0.29, 0.717) is 19.5 Å². The Morgan fingerprint density at radius 2 is 1.92 bits per heavy atom. The van der Waals surface area contributed by atoms with Crippen molar-refractivity contribution in [2.45, 2.75) is 25.7 Å². The maximum atomic E-state index is 12.4. The second kappa shape index (κ2) is 7.57. The van der Waals surface area contributed by atoms with E-state index in [9.17, 15) is 9.59 Å². The highest BCUT2D eigenvalue weighted by atomic mass is 32.1. The highest BCUT2D eigenvalue weighted by Crippen LogP contribution is 2.25. The summed E-state index contributed by atoms with van der Waals surface area (Å²) in [7, 11) is 0. The van der Waals surface area contributed by atoms with Crippen LogP contribution in [-0.4, -0.2) is 40.0 Å². The molecule has 0 unspecified atom stereocenters. The number of carbonyl (C=O) groups excluding carboxylic acids is 1. The van der Waals surface area contributed by atoms with Crippen molar-refractivity contribution in [2.24, 2.45) is 5.92 Å². The molecule has 1 saturated heterocycles. The third kappa shape index (κ3) is 4.20. The predicted molar refractivity (Wildman–Crippen MR) is 92.8 cm³/mol. The number of aliphatic carboxylic acids is 1. The van der Waals surface area contributed by atoms with Gasteiger partial charge in [-0.05, 0) is 18.8 Å². The van der Waals surface area contributed by atoms with Crippen LogP contribution in [0.25, 0.3) is 10.6 Å². The number of aromatic nitrogens is 1. The summed E-state index contributed by atoms with van der Waals surface area (Å²) in [5.74, 6) is -0.486. The third-order valence-corrected chi connectivity index (χ3v) is 5.28. The van der Waals surface area contributed by atoms with Crippen molar-refractivity contribution in [1.29, 1.82) is 0 Å². The van der Waals surface area contributed by atoms with Crippen LogP contribution in [0.2, 0.25) is 0 Å². The number of thiazole rings is 1. The summed E-state index contributed by atoms with van der Waals surface area (Å²) in [6, 6.07) is 9.94. The van der Waals surface area contributed by atoms with Gasteiger partial charge in [-0.1, -0.05) is 30.3 Å². The largest absolute Gasteiger partial charge is 0.481 e. The topological polar surface area (TPSA) is 70.5 Å². The lowest BCUT2D eigenvalue weighted by Gasteiger charge is -2.31. The summed E-state index contributed by atoms with van der Waals surface area (Å²) in [6.07, 6.45) is 2.05. The van der Waals surface area contributed by atoms with Gasteiger partial charge in [0.25, 0.3) is 0 Å². The van der Waals surface area contributed by atoms with Crippen LogP contribution in [0.15, 0.2) is 35.7 Å². The highest BCUT2D eigenvalue weighted by molar-refractivity contribution is 7.13. The number of piperidine rings is 1. The number of carbonyl (C=O) groups is 2. The van der Waals surface area contributed by atoms with Crippen LogP contribution >= 0.6 is 11.3 Å². The van der Waals surface area contributed by atoms with E-state index >= 15 is 0 Å². The molecular weight excluding hydrogens is 324 g/mol. The fourth-order valence-electron chi connectivity index (χ4n) is 3.00. The zero-order chi connectivity index (χ0) is 16.9. The summed E-state index contributed by atoms with van der Waals surface area (Å²) >= 11 is 1.55. The van der Waals surface area contributed by atoms with E-state index < -0.39 is 5.97 Å². The molecule has 1 aromatic carbocycles. The Kier molecular flexibility index (Phi) is 5.25. The molecule has 1 aliphatic heterocycles. The van der Waals surface area contributed by atoms with Crippen LogP contribution in [0.4, 0.5) is 0 Å². The van der Waals surface area contributed by atoms with Gasteiger partial charge in [-0.3, -0.25) is 9.59 Å². The standard InChI is InChI=1S/C18H20N2O3S/c21-16(20-8-6-13(7-9-20)10-17(22)23)11-15-12-24-18(19-15)14-4-2-1-3-5-14/h1-5,12-13H,6-11H2,(H,22,23). The lowest BCUT2D eigenvalue weighted by Crippen LogP contribution is -2.39. The Hall–Kier alpha value is -2.21. The number of amides is 1. The second-order valence-electron chi connectivity index (χ2n) is 6.11. The monoisotopic (exact) mass is 344 g/mol. The SMILES string of the molecule is O=C(O)CC1CCN(C(=O)Cc2csc(-c3ccccc3)n2)CC1. The maximum absolute atomic E-state index is 12.4. The summed E-state index contributed by atoms with van der Waals surface area (Å²) < 4.78 is 0. The first-order valence-corrected chi connectivity index (χ1v) is 8.99. The molecule has 1 fully saturated rings. The third-order valence-electron chi connectivity index (χ3n) is 4.34. The number of hydrogen-bond donors (Lipinski definition) is 1. The molecule has 24 heavy (non-hydrogen) atoms. The highest BCUT2D eigenvalue weighted by Gasteiger charge is 2.24. The van der Waals surface area contributed by atoms with Crippen molar-refractivity contribution in [3.8, 4) is 10.6 Å². The van der Waals surface area contributed by atoms with E-state index in [0.717, 1.165) is 29.1 Å². The quantitative estimate of drug-likeness (QED) is 0.905. The summed E-state index contributed by atoms with van der Waals surface area (Å²) in [4.78, 5) is 29.6. The zero-order valence-corrected chi connectivity index (χ0v) is 14.2. The van der Waals surface area contributed by atoms with Gasteiger partial charge in [-0.25, -0.2) is 4.98 Å². The van der Waals surface area contributed by atoms with Crippen LogP contribution in [0, 0.1) is 5.92 Å². The molecule has 6 heteroatoms. The van der Waals surface area contributed by atoms with Crippen molar-refractivity contribution in [1.82, 2.24) is 9.88 Å². The maximum Gasteiger partial charge on any atom is 0.303 e. The molecular formula is C18H20N2O3S. The van der Waals surface area contributed by atoms with Gasteiger partial charge in [-0.2, -0.15) is 0 Å². The van der Waals surface area contributed by atoms with Gasteiger partial charge in [0.05, 0.1) is 12.1 Å². The van der Waals surface area contributed by atoms with Crippen LogP contribution in [0.5, 0.6) is 0 Å². The molecule has 2 aromatic rings. The molecule has 3 rings (SSSR count). The summed E-state index contributed by atoms with van der Waals surface area (Å²) in [6.45, 7) is 1.29. The fraction of sp³-hybridized carbons (Fsp3) is 0.389. The van der Waals surface area contributed by atoms with Crippen LogP contribution in [0.1, 0.15) is 25.0 Å². The van der Waals surface area contributed by atoms with Gasteiger partial charge < -0.3 is 10.0 Å². The molecule has 0 aliphatic carbocycles. The Bertz CT molecular complexity index is 706. The number of carboxylic acids is 1. The Balaban J connectivity index is 1.54. The van der Waals surface area contributed by atoms with Gasteiger partial charge in [0, 0.05) is 30.5 Å². The van der Waals surface area contributed by atoms with Gasteiger partial charge in [0.15, 0.2) is 0 Å². The molecule has 1 amide bonds. The minimum absolute atomic E-state index is 0.0775. The van der Waals surface area contributed by atoms with E-state index in [4.69, 9.17) is 5.11 Å². The first-order chi connectivity index (χ1) is 11.6. The average Bonchev–Trinajstić information content (AvgIpc) is 3.04. The minimum atomic E-state index is -0.754. The fourth-order valence-corrected chi connectivity index (χ4v) is 3.83. The van der Waals surface area contributed by atoms with Crippen LogP contribution < -0.4 is 0 Å². The molecule has 126 valence electrons. The van der Waals surface area contributed by atoms with Crippen molar-refractivity contribution in [2.75, 3.05) is 13.1 Å². The molecule has 2 heterocycles. The normalized spacial score (nSPS) is 15.4. The summed E-state index contributed by atoms with van der Waals surface area (Å²) in [5, 5.41) is 11.7. The van der Waals surface area contributed by atoms with E-state index in [1.54, 1.807) is 11.3 Å². The number of rotatable bonds is 5.